The van der Waals surface area contributed by atoms with Crippen molar-refractivity contribution in [2.24, 2.45) is 5.14 Å². The van der Waals surface area contributed by atoms with Crippen molar-refractivity contribution in [1.82, 2.24) is 0 Å². The number of methoxy groups -OCH3 is 1. The Hall–Kier alpha value is -1.63. The first kappa shape index (κ1) is 13.8. The number of nitrogens with two attached hydrogens (primary N) is 1. The molecule has 2 N–H and O–H groups in total. The molecule has 1 aromatic heterocycles. The lowest BCUT2D eigenvalue weighted by Gasteiger charge is -2.05. The largest absolute Gasteiger partial charge is 0.495 e. The molecule has 1 aromatic carbocycles. The van der Waals surface area contributed by atoms with E-state index in [-0.39, 0.29) is 10.6 Å². The van der Waals surface area contributed by atoms with Crippen LogP contribution in [0.4, 0.5) is 0 Å². The molecule has 2 rings (SSSR count). The summed E-state index contributed by atoms with van der Waals surface area (Å²) in [4.78, 5) is -0.0764. The van der Waals surface area contributed by atoms with Crippen LogP contribution in [0.15, 0.2) is 47.6 Å². The molecule has 0 fully saturated rings. The van der Waals surface area contributed by atoms with Gasteiger partial charge >= 0.3 is 0 Å². The summed E-state index contributed by atoms with van der Waals surface area (Å²) in [6.45, 7) is 0. The van der Waals surface area contributed by atoms with Gasteiger partial charge in [0, 0.05) is 23.2 Å². The first-order valence-electron chi connectivity index (χ1n) is 5.30. The van der Waals surface area contributed by atoms with E-state index in [9.17, 15) is 8.42 Å². The molecule has 1 heterocycles. The van der Waals surface area contributed by atoms with Gasteiger partial charge in [-0.05, 0) is 12.1 Å². The molecule has 100 valence electrons. The van der Waals surface area contributed by atoms with Gasteiger partial charge in [-0.15, -0.1) is 0 Å². The van der Waals surface area contributed by atoms with E-state index in [1.165, 1.54) is 19.4 Å². The van der Waals surface area contributed by atoms with Crippen molar-refractivity contribution < 1.29 is 17.7 Å². The Morgan fingerprint density at radius 1 is 1.21 bits per heavy atom. The van der Waals surface area contributed by atoms with Crippen LogP contribution in [0.3, 0.4) is 0 Å². The van der Waals surface area contributed by atoms with E-state index in [0.717, 1.165) is 5.69 Å². The van der Waals surface area contributed by atoms with Gasteiger partial charge in [-0.2, -0.15) is 4.57 Å². The van der Waals surface area contributed by atoms with E-state index in [0.29, 0.717) is 5.02 Å². The van der Waals surface area contributed by atoms with Crippen LogP contribution in [0.5, 0.6) is 5.75 Å². The number of halogens is 1. The van der Waals surface area contributed by atoms with Crippen molar-refractivity contribution in [3.8, 4) is 11.4 Å². The highest BCUT2D eigenvalue weighted by Gasteiger charge is 2.20. The SMILES string of the molecule is COc1cc[n+](-c2ccc(Cl)cc2)cc1S(N)(=O)=O. The van der Waals surface area contributed by atoms with Crippen LogP contribution < -0.4 is 14.4 Å². The molecule has 5 nitrogen and oxygen atoms in total. The predicted octanol–water partition coefficient (Wildman–Crippen LogP) is 1.27. The number of hydrogen-bond donors (Lipinski definition) is 1. The van der Waals surface area contributed by atoms with Gasteiger partial charge in [-0.1, -0.05) is 11.6 Å². The van der Waals surface area contributed by atoms with E-state index >= 15 is 0 Å². The number of pyridine rings is 1. The number of primary sulfonamides is 1. The van der Waals surface area contributed by atoms with Gasteiger partial charge in [0.2, 0.25) is 15.7 Å². The molecule has 0 aliphatic heterocycles. The number of rotatable bonds is 3. The number of benzene rings is 1. The van der Waals surface area contributed by atoms with Crippen molar-refractivity contribution in [1.29, 1.82) is 0 Å². The molecule has 0 saturated carbocycles. The van der Waals surface area contributed by atoms with Crippen LogP contribution >= 0.6 is 11.6 Å². The second-order valence-electron chi connectivity index (χ2n) is 3.81. The highest BCUT2D eigenvalue weighted by molar-refractivity contribution is 7.89. The van der Waals surface area contributed by atoms with Gasteiger partial charge in [0.15, 0.2) is 23.0 Å². The monoisotopic (exact) mass is 299 g/mol. The van der Waals surface area contributed by atoms with Crippen LogP contribution in [0.2, 0.25) is 5.02 Å². The van der Waals surface area contributed by atoms with Crippen LogP contribution in [-0.4, -0.2) is 15.5 Å². The maximum Gasteiger partial charge on any atom is 0.247 e. The molecular weight excluding hydrogens is 288 g/mol. The fraction of sp³-hybridized carbons (Fsp3) is 0.0833. The summed E-state index contributed by atoms with van der Waals surface area (Å²) in [6, 6.07) is 8.49. The summed E-state index contributed by atoms with van der Waals surface area (Å²) in [5, 5.41) is 5.76. The van der Waals surface area contributed by atoms with Crippen molar-refractivity contribution >= 4 is 21.6 Å². The van der Waals surface area contributed by atoms with Gasteiger partial charge in [0.25, 0.3) is 0 Å². The molecule has 7 heteroatoms. The fourth-order valence-corrected chi connectivity index (χ4v) is 2.44. The minimum absolute atomic E-state index is 0.0764. The van der Waals surface area contributed by atoms with Gasteiger partial charge in [-0.25, -0.2) is 13.6 Å². The summed E-state index contributed by atoms with van der Waals surface area (Å²) in [5.74, 6) is 0.202. The third kappa shape index (κ3) is 3.04. The summed E-state index contributed by atoms with van der Waals surface area (Å²) >= 11 is 5.81. The smallest absolute Gasteiger partial charge is 0.247 e. The predicted molar refractivity (Wildman–Crippen MR) is 70.9 cm³/mol. The molecule has 0 atom stereocenters. The number of hydrogen-bond acceptors (Lipinski definition) is 3. The Morgan fingerprint density at radius 2 is 1.84 bits per heavy atom. The van der Waals surface area contributed by atoms with Gasteiger partial charge in [0.1, 0.15) is 0 Å². The zero-order valence-electron chi connectivity index (χ0n) is 10.1. The van der Waals surface area contributed by atoms with Crippen molar-refractivity contribution in [3.63, 3.8) is 0 Å². The molecular formula is C12H12ClN2O3S+. The lowest BCUT2D eigenvalue weighted by molar-refractivity contribution is -0.598. The third-order valence-corrected chi connectivity index (χ3v) is 3.71. The van der Waals surface area contributed by atoms with E-state index in [2.05, 4.69) is 0 Å². The van der Waals surface area contributed by atoms with Crippen molar-refractivity contribution in [2.45, 2.75) is 4.90 Å². The van der Waals surface area contributed by atoms with E-state index < -0.39 is 10.0 Å². The Bertz CT molecular complexity index is 699. The number of nitrogens with zero attached hydrogens (tertiary/aromatic N) is 1. The quantitative estimate of drug-likeness (QED) is 0.868. The average molecular weight is 300 g/mol. The summed E-state index contributed by atoms with van der Waals surface area (Å²) < 4.78 is 29.6. The Kier molecular flexibility index (Phi) is 3.75. The zero-order valence-corrected chi connectivity index (χ0v) is 11.6. The summed E-state index contributed by atoms with van der Waals surface area (Å²) in [5.41, 5.74) is 0.761. The molecule has 0 amide bonds. The minimum atomic E-state index is -3.86. The molecule has 0 radical (unpaired) electrons. The Balaban J connectivity index is 2.58. The maximum atomic E-state index is 11.5. The van der Waals surface area contributed by atoms with E-state index in [4.69, 9.17) is 21.5 Å². The summed E-state index contributed by atoms with van der Waals surface area (Å²) in [6.07, 6.45) is 3.08. The van der Waals surface area contributed by atoms with Gasteiger partial charge < -0.3 is 4.74 Å². The van der Waals surface area contributed by atoms with Gasteiger partial charge in [-0.3, -0.25) is 0 Å². The molecule has 2 aromatic rings. The molecule has 0 aliphatic rings. The lowest BCUT2D eigenvalue weighted by Crippen LogP contribution is -2.31. The molecule has 19 heavy (non-hydrogen) atoms. The van der Waals surface area contributed by atoms with Gasteiger partial charge in [0.05, 0.1) is 7.11 Å². The van der Waals surface area contributed by atoms with Crippen LogP contribution in [-0.2, 0) is 10.0 Å². The lowest BCUT2D eigenvalue weighted by atomic mass is 10.3. The Morgan fingerprint density at radius 3 is 2.37 bits per heavy atom. The topological polar surface area (TPSA) is 73.3 Å². The molecule has 0 spiro atoms. The summed E-state index contributed by atoms with van der Waals surface area (Å²) in [7, 11) is -2.47. The standard InChI is InChI=1S/C12H12ClN2O3S/c1-18-11-6-7-15(8-12(11)19(14,16)17)10-4-2-9(13)3-5-10/h2-8H,1H3,(H2,14,16,17)/q+1. The maximum absolute atomic E-state index is 11.5. The number of ether oxygens (including phenoxy) is 1. The third-order valence-electron chi connectivity index (χ3n) is 2.54. The highest BCUT2D eigenvalue weighted by Crippen LogP contribution is 2.20. The highest BCUT2D eigenvalue weighted by atomic mass is 35.5. The average Bonchev–Trinajstić information content (AvgIpc) is 2.38. The first-order valence-corrected chi connectivity index (χ1v) is 7.22. The van der Waals surface area contributed by atoms with Crippen LogP contribution in [0, 0.1) is 0 Å². The van der Waals surface area contributed by atoms with Crippen molar-refractivity contribution in [2.75, 3.05) is 7.11 Å². The zero-order chi connectivity index (χ0) is 14.0. The molecule has 0 unspecified atom stereocenters. The minimum Gasteiger partial charge on any atom is -0.495 e. The van der Waals surface area contributed by atoms with Crippen molar-refractivity contribution in [3.05, 3.63) is 47.7 Å². The molecule has 0 saturated heterocycles. The number of sulfonamides is 1. The van der Waals surface area contributed by atoms with E-state index in [1.807, 2.05) is 0 Å². The normalized spacial score (nSPS) is 11.3. The fourth-order valence-electron chi connectivity index (χ4n) is 1.62. The first-order chi connectivity index (χ1) is 8.91. The van der Waals surface area contributed by atoms with Crippen LogP contribution in [0.1, 0.15) is 0 Å². The molecule has 0 aliphatic carbocycles. The Labute approximate surface area is 116 Å². The number of aromatic nitrogens is 1. The second kappa shape index (κ2) is 5.16. The molecule has 0 bridgehead atoms. The van der Waals surface area contributed by atoms with Crippen LogP contribution in [0.25, 0.3) is 5.69 Å². The van der Waals surface area contributed by atoms with E-state index in [1.54, 1.807) is 35.0 Å². The second-order valence-corrected chi connectivity index (χ2v) is 5.77.